The number of rotatable bonds is 5. The van der Waals surface area contributed by atoms with Gasteiger partial charge in [-0.1, -0.05) is 24.3 Å². The fourth-order valence-corrected chi connectivity index (χ4v) is 3.45. The molecule has 0 aromatic heterocycles. The fraction of sp³-hybridized carbons (Fsp3) is 0.318. The van der Waals surface area contributed by atoms with Gasteiger partial charge in [0.05, 0.1) is 6.42 Å². The highest BCUT2D eigenvalue weighted by molar-refractivity contribution is 5.92. The number of benzene rings is 2. The van der Waals surface area contributed by atoms with Gasteiger partial charge in [0.25, 0.3) is 0 Å². The van der Waals surface area contributed by atoms with Crippen LogP contribution in [0.5, 0.6) is 0 Å². The lowest BCUT2D eigenvalue weighted by molar-refractivity contribution is -0.164. The number of cyclic esters (lactones) is 1. The Hall–Kier alpha value is -3.29. The fourth-order valence-electron chi connectivity index (χ4n) is 3.45. The van der Waals surface area contributed by atoms with Crippen molar-refractivity contribution in [3.8, 4) is 0 Å². The van der Waals surface area contributed by atoms with Crippen molar-refractivity contribution in [1.82, 2.24) is 10.6 Å². The van der Waals surface area contributed by atoms with Crippen LogP contribution in [0, 0.1) is 11.6 Å². The van der Waals surface area contributed by atoms with Crippen LogP contribution in [0.2, 0.25) is 0 Å². The van der Waals surface area contributed by atoms with E-state index in [4.69, 9.17) is 4.74 Å². The van der Waals surface area contributed by atoms with E-state index in [2.05, 4.69) is 10.6 Å². The van der Waals surface area contributed by atoms with Gasteiger partial charge < -0.3 is 15.4 Å². The zero-order chi connectivity index (χ0) is 22.1. The van der Waals surface area contributed by atoms with E-state index in [0.29, 0.717) is 11.6 Å². The normalized spacial score (nSPS) is 18.0. The zero-order valence-corrected chi connectivity index (χ0v) is 16.8. The third-order valence-electron chi connectivity index (χ3n) is 4.86. The maximum absolute atomic E-state index is 13.3. The number of ether oxygens (including phenoxy) is 1. The van der Waals surface area contributed by atoms with Crippen molar-refractivity contribution in [2.75, 3.05) is 0 Å². The van der Waals surface area contributed by atoms with Crippen LogP contribution in [0.4, 0.5) is 8.78 Å². The average molecular weight is 416 g/mol. The van der Waals surface area contributed by atoms with Crippen LogP contribution >= 0.6 is 0 Å². The predicted molar refractivity (Wildman–Crippen MR) is 104 cm³/mol. The van der Waals surface area contributed by atoms with Crippen molar-refractivity contribution < 1.29 is 27.9 Å². The second-order valence-electron chi connectivity index (χ2n) is 7.70. The topological polar surface area (TPSA) is 84.5 Å². The molecule has 2 N–H and O–H groups in total. The number of halogens is 2. The van der Waals surface area contributed by atoms with E-state index >= 15 is 0 Å². The van der Waals surface area contributed by atoms with Gasteiger partial charge in [0.2, 0.25) is 11.8 Å². The van der Waals surface area contributed by atoms with Crippen molar-refractivity contribution in [1.29, 1.82) is 0 Å². The molecule has 3 rings (SSSR count). The van der Waals surface area contributed by atoms with Crippen LogP contribution in [-0.2, 0) is 31.1 Å². The molecule has 8 heteroatoms. The van der Waals surface area contributed by atoms with Crippen molar-refractivity contribution >= 4 is 17.8 Å². The molecular weight excluding hydrogens is 394 g/mol. The van der Waals surface area contributed by atoms with E-state index in [1.165, 1.54) is 6.92 Å². The first-order chi connectivity index (χ1) is 14.1. The van der Waals surface area contributed by atoms with Crippen molar-refractivity contribution in [2.45, 2.75) is 44.9 Å². The SMILES string of the molecule is C[C@H](NC(=O)Cc1cc(F)cc(F)c1)C(=O)NC1C(=O)OC(C)(C)c2ccccc21. The Labute approximate surface area is 172 Å². The number of nitrogens with one attached hydrogen (secondary N) is 2. The number of fused-ring (bicyclic) bond motifs is 1. The molecule has 0 fully saturated rings. The van der Waals surface area contributed by atoms with Crippen LogP contribution < -0.4 is 10.6 Å². The number of amides is 2. The molecule has 2 aromatic rings. The maximum atomic E-state index is 13.3. The summed E-state index contributed by atoms with van der Waals surface area (Å²) in [4.78, 5) is 37.2. The van der Waals surface area contributed by atoms with E-state index in [-0.39, 0.29) is 12.0 Å². The molecule has 1 heterocycles. The first kappa shape index (κ1) is 21.4. The van der Waals surface area contributed by atoms with Crippen LogP contribution in [-0.4, -0.2) is 23.8 Å². The monoisotopic (exact) mass is 416 g/mol. The van der Waals surface area contributed by atoms with Gasteiger partial charge in [-0.25, -0.2) is 13.6 Å². The molecular formula is C22H22F2N2O4. The second kappa shape index (κ2) is 8.22. The Bertz CT molecular complexity index is 986. The Balaban J connectivity index is 1.66. The summed E-state index contributed by atoms with van der Waals surface area (Å²) in [5, 5.41) is 5.07. The van der Waals surface area contributed by atoms with Crippen LogP contribution in [0.3, 0.4) is 0 Å². The predicted octanol–water partition coefficient (Wildman–Crippen LogP) is 2.66. The first-order valence-electron chi connectivity index (χ1n) is 9.44. The molecule has 0 bridgehead atoms. The third-order valence-corrected chi connectivity index (χ3v) is 4.86. The third kappa shape index (κ3) is 4.64. The highest BCUT2D eigenvalue weighted by Gasteiger charge is 2.40. The molecule has 0 radical (unpaired) electrons. The van der Waals surface area contributed by atoms with Crippen molar-refractivity contribution in [3.05, 3.63) is 70.8 Å². The Morgan fingerprint density at radius 2 is 1.77 bits per heavy atom. The smallest absolute Gasteiger partial charge is 0.334 e. The summed E-state index contributed by atoms with van der Waals surface area (Å²) in [6.07, 6.45) is -0.297. The summed E-state index contributed by atoms with van der Waals surface area (Å²) in [5.41, 5.74) is 0.722. The molecule has 0 aliphatic carbocycles. The molecule has 1 aliphatic rings. The minimum absolute atomic E-state index is 0.143. The Kier molecular flexibility index (Phi) is 5.87. The van der Waals surface area contributed by atoms with Gasteiger partial charge in [0.1, 0.15) is 23.3 Å². The van der Waals surface area contributed by atoms with E-state index in [1.54, 1.807) is 26.0 Å². The van der Waals surface area contributed by atoms with Gasteiger partial charge in [0.15, 0.2) is 6.04 Å². The zero-order valence-electron chi connectivity index (χ0n) is 16.8. The molecule has 0 spiro atoms. The molecule has 2 atom stereocenters. The molecule has 1 unspecified atom stereocenters. The highest BCUT2D eigenvalue weighted by atomic mass is 19.1. The van der Waals surface area contributed by atoms with Gasteiger partial charge >= 0.3 is 5.97 Å². The summed E-state index contributed by atoms with van der Waals surface area (Å²) >= 11 is 0. The highest BCUT2D eigenvalue weighted by Crippen LogP contribution is 2.37. The van der Waals surface area contributed by atoms with Crippen LogP contribution in [0.25, 0.3) is 0 Å². The van der Waals surface area contributed by atoms with Crippen LogP contribution in [0.15, 0.2) is 42.5 Å². The number of hydrogen-bond donors (Lipinski definition) is 2. The lowest BCUT2D eigenvalue weighted by Gasteiger charge is -2.36. The molecule has 0 saturated heterocycles. The number of esters is 1. The van der Waals surface area contributed by atoms with E-state index in [9.17, 15) is 23.2 Å². The molecule has 30 heavy (non-hydrogen) atoms. The van der Waals surface area contributed by atoms with Gasteiger partial charge in [-0.15, -0.1) is 0 Å². The van der Waals surface area contributed by atoms with E-state index < -0.39 is 47.1 Å². The summed E-state index contributed by atoms with van der Waals surface area (Å²) in [6.45, 7) is 4.98. The van der Waals surface area contributed by atoms with Gasteiger partial charge in [0, 0.05) is 11.6 Å². The van der Waals surface area contributed by atoms with Crippen molar-refractivity contribution in [3.63, 3.8) is 0 Å². The average Bonchev–Trinajstić information content (AvgIpc) is 2.63. The standard InChI is InChI=1S/C22H22F2N2O4/c1-12(25-18(27)10-13-8-14(23)11-15(24)9-13)20(28)26-19-16-6-4-5-7-17(16)22(2,3)30-21(19)29/h4-9,11-12,19H,10H2,1-3H3,(H,25,27)(H,26,28)/t12-,19?/m0/s1. The largest absolute Gasteiger partial charge is 0.453 e. The number of hydrogen-bond acceptors (Lipinski definition) is 4. The van der Waals surface area contributed by atoms with Gasteiger partial charge in [-0.2, -0.15) is 0 Å². The molecule has 2 aromatic carbocycles. The minimum atomic E-state index is -1.00. The number of carbonyl (C=O) groups excluding carboxylic acids is 3. The molecule has 0 saturated carbocycles. The Morgan fingerprint density at radius 3 is 2.43 bits per heavy atom. The van der Waals surface area contributed by atoms with Gasteiger partial charge in [-0.3, -0.25) is 9.59 Å². The minimum Gasteiger partial charge on any atom is -0.453 e. The van der Waals surface area contributed by atoms with E-state index in [0.717, 1.165) is 17.7 Å². The summed E-state index contributed by atoms with van der Waals surface area (Å²) in [6, 6.07) is 7.96. The summed E-state index contributed by atoms with van der Waals surface area (Å²) < 4.78 is 32.0. The number of carbonyl (C=O) groups is 3. The molecule has 158 valence electrons. The van der Waals surface area contributed by atoms with Crippen molar-refractivity contribution in [2.24, 2.45) is 0 Å². The summed E-state index contributed by atoms with van der Waals surface area (Å²) in [5.74, 6) is -3.36. The van der Waals surface area contributed by atoms with Crippen LogP contribution in [0.1, 0.15) is 43.5 Å². The summed E-state index contributed by atoms with van der Waals surface area (Å²) in [7, 11) is 0. The Morgan fingerprint density at radius 1 is 1.13 bits per heavy atom. The quantitative estimate of drug-likeness (QED) is 0.734. The lowest BCUT2D eigenvalue weighted by atomic mass is 9.86. The van der Waals surface area contributed by atoms with Gasteiger partial charge in [-0.05, 0) is 44.0 Å². The molecule has 2 amide bonds. The molecule has 6 nitrogen and oxygen atoms in total. The first-order valence-corrected chi connectivity index (χ1v) is 9.44. The van der Waals surface area contributed by atoms with E-state index in [1.807, 2.05) is 12.1 Å². The molecule has 1 aliphatic heterocycles. The second-order valence-corrected chi connectivity index (χ2v) is 7.70. The maximum Gasteiger partial charge on any atom is 0.334 e. The lowest BCUT2D eigenvalue weighted by Crippen LogP contribution is -2.50.